The predicted molar refractivity (Wildman–Crippen MR) is 101 cm³/mol. The monoisotopic (exact) mass is 355 g/mol. The molecule has 0 fully saturated rings. The van der Waals surface area contributed by atoms with Crippen LogP contribution in [0.4, 0.5) is 0 Å². The Hall–Kier alpha value is -3.59. The number of aromatic nitrogens is 4. The third-order valence-electron chi connectivity index (χ3n) is 5.05. The highest BCUT2D eigenvalue weighted by Crippen LogP contribution is 2.36. The zero-order chi connectivity index (χ0) is 18.4. The number of benzene rings is 2. The fourth-order valence-corrected chi connectivity index (χ4v) is 3.73. The summed E-state index contributed by atoms with van der Waals surface area (Å²) in [6.07, 6.45) is 7.44. The van der Waals surface area contributed by atoms with Crippen molar-refractivity contribution >= 4 is 10.9 Å². The van der Waals surface area contributed by atoms with Crippen molar-refractivity contribution in [2.75, 3.05) is 0 Å². The Morgan fingerprint density at radius 1 is 1.15 bits per heavy atom. The quantitative estimate of drug-likeness (QED) is 0.562. The van der Waals surface area contributed by atoms with Crippen LogP contribution in [0.2, 0.25) is 0 Å². The standard InChI is InChI=1S/C21H17N5O/c1-25-13-17(12-23-25)26-20-9-18(5-3-16(20)11-24-26)27-21-7-4-15-8-14(10-22)2-6-19(15)21/h2-3,5-6,8-9,11-13,21H,4,7H2,1H3/t21-/m0/s1. The van der Waals surface area contributed by atoms with Crippen LogP contribution in [0, 0.1) is 11.3 Å². The Labute approximate surface area is 156 Å². The van der Waals surface area contributed by atoms with E-state index >= 15 is 0 Å². The fraction of sp³-hybridized carbons (Fsp3) is 0.190. The van der Waals surface area contributed by atoms with Gasteiger partial charge >= 0.3 is 0 Å². The largest absolute Gasteiger partial charge is 0.486 e. The summed E-state index contributed by atoms with van der Waals surface area (Å²) in [5.74, 6) is 0.815. The van der Waals surface area contributed by atoms with Crippen molar-refractivity contribution in [3.05, 3.63) is 71.7 Å². The summed E-state index contributed by atoms with van der Waals surface area (Å²) in [4.78, 5) is 0. The first-order valence-electron chi connectivity index (χ1n) is 8.88. The van der Waals surface area contributed by atoms with Crippen molar-refractivity contribution < 1.29 is 4.74 Å². The number of ether oxygens (including phenoxy) is 1. The van der Waals surface area contributed by atoms with Crippen LogP contribution in [0.25, 0.3) is 16.6 Å². The second-order valence-corrected chi connectivity index (χ2v) is 6.82. The van der Waals surface area contributed by atoms with Crippen molar-refractivity contribution in [2.24, 2.45) is 7.05 Å². The number of rotatable bonds is 3. The summed E-state index contributed by atoms with van der Waals surface area (Å²) < 4.78 is 9.93. The molecule has 2 aromatic heterocycles. The van der Waals surface area contributed by atoms with Gasteiger partial charge in [0, 0.05) is 18.5 Å². The number of aryl methyl sites for hydroxylation is 2. The molecule has 2 heterocycles. The highest BCUT2D eigenvalue weighted by Gasteiger charge is 2.24. The van der Waals surface area contributed by atoms with Crippen LogP contribution >= 0.6 is 0 Å². The number of hydrogen-bond acceptors (Lipinski definition) is 4. The molecule has 1 atom stereocenters. The van der Waals surface area contributed by atoms with Crippen molar-refractivity contribution in [1.29, 1.82) is 5.26 Å². The number of nitrogens with zero attached hydrogens (tertiary/aromatic N) is 5. The molecule has 0 radical (unpaired) electrons. The van der Waals surface area contributed by atoms with E-state index in [0.717, 1.165) is 35.2 Å². The summed E-state index contributed by atoms with van der Waals surface area (Å²) in [6.45, 7) is 0. The lowest BCUT2D eigenvalue weighted by molar-refractivity contribution is 0.208. The first kappa shape index (κ1) is 15.6. The molecule has 0 amide bonds. The van der Waals surface area contributed by atoms with Gasteiger partial charge in [0.1, 0.15) is 17.5 Å². The topological polar surface area (TPSA) is 68.7 Å². The summed E-state index contributed by atoms with van der Waals surface area (Å²) in [7, 11) is 1.89. The summed E-state index contributed by atoms with van der Waals surface area (Å²) in [6, 6.07) is 14.1. The van der Waals surface area contributed by atoms with E-state index in [1.807, 2.05) is 60.5 Å². The maximum atomic E-state index is 9.08. The van der Waals surface area contributed by atoms with Crippen LogP contribution in [0.5, 0.6) is 5.75 Å². The van der Waals surface area contributed by atoms with E-state index < -0.39 is 0 Å². The normalized spacial score (nSPS) is 15.6. The number of hydrogen-bond donors (Lipinski definition) is 0. The van der Waals surface area contributed by atoms with E-state index in [2.05, 4.69) is 16.3 Å². The SMILES string of the molecule is Cn1cc(-n2ncc3ccc(O[C@H]4CCc5cc(C#N)ccc54)cc32)cn1. The van der Waals surface area contributed by atoms with Gasteiger partial charge in [-0.15, -0.1) is 0 Å². The van der Waals surface area contributed by atoms with E-state index in [4.69, 9.17) is 10.00 Å². The van der Waals surface area contributed by atoms with Gasteiger partial charge in [0.05, 0.1) is 35.7 Å². The van der Waals surface area contributed by atoms with Gasteiger partial charge in [0.15, 0.2) is 0 Å². The van der Waals surface area contributed by atoms with Crippen LogP contribution in [-0.4, -0.2) is 19.6 Å². The van der Waals surface area contributed by atoms with Crippen LogP contribution in [0.1, 0.15) is 29.2 Å². The van der Waals surface area contributed by atoms with E-state index in [1.54, 1.807) is 10.9 Å². The molecule has 6 heteroatoms. The molecule has 27 heavy (non-hydrogen) atoms. The Morgan fingerprint density at radius 3 is 2.89 bits per heavy atom. The zero-order valence-corrected chi connectivity index (χ0v) is 14.8. The molecule has 0 aliphatic heterocycles. The first-order chi connectivity index (χ1) is 13.2. The molecule has 132 valence electrons. The highest BCUT2D eigenvalue weighted by molar-refractivity contribution is 5.81. The second kappa shape index (κ2) is 5.99. The number of nitriles is 1. The second-order valence-electron chi connectivity index (χ2n) is 6.82. The van der Waals surface area contributed by atoms with Crippen LogP contribution in [0.15, 0.2) is 55.0 Å². The van der Waals surface area contributed by atoms with Gasteiger partial charge in [0.2, 0.25) is 0 Å². The van der Waals surface area contributed by atoms with Gasteiger partial charge in [-0.3, -0.25) is 4.68 Å². The Morgan fingerprint density at radius 2 is 2.07 bits per heavy atom. The molecule has 0 N–H and O–H groups in total. The molecule has 1 aliphatic carbocycles. The van der Waals surface area contributed by atoms with Crippen molar-refractivity contribution in [3.63, 3.8) is 0 Å². The number of fused-ring (bicyclic) bond motifs is 2. The molecule has 1 aliphatic rings. The Kier molecular flexibility index (Phi) is 3.47. The van der Waals surface area contributed by atoms with Gasteiger partial charge in [-0.25, -0.2) is 4.68 Å². The van der Waals surface area contributed by atoms with Crippen LogP contribution < -0.4 is 4.74 Å². The lowest BCUT2D eigenvalue weighted by Crippen LogP contribution is -2.03. The van der Waals surface area contributed by atoms with Crippen molar-refractivity contribution in [1.82, 2.24) is 19.6 Å². The molecule has 6 nitrogen and oxygen atoms in total. The third kappa shape index (κ3) is 2.64. The van der Waals surface area contributed by atoms with Gasteiger partial charge in [-0.1, -0.05) is 6.07 Å². The molecule has 0 saturated carbocycles. The smallest absolute Gasteiger partial charge is 0.124 e. The van der Waals surface area contributed by atoms with Crippen LogP contribution in [-0.2, 0) is 13.5 Å². The van der Waals surface area contributed by atoms with E-state index in [9.17, 15) is 0 Å². The summed E-state index contributed by atoms with van der Waals surface area (Å²) in [5, 5.41) is 18.8. The lowest BCUT2D eigenvalue weighted by atomic mass is 10.1. The van der Waals surface area contributed by atoms with Crippen LogP contribution in [0.3, 0.4) is 0 Å². The van der Waals surface area contributed by atoms with E-state index in [-0.39, 0.29) is 6.10 Å². The minimum absolute atomic E-state index is 0.0138. The summed E-state index contributed by atoms with van der Waals surface area (Å²) in [5.41, 5.74) is 4.99. The first-order valence-corrected chi connectivity index (χ1v) is 8.88. The average molecular weight is 355 g/mol. The van der Waals surface area contributed by atoms with Gasteiger partial charge in [-0.2, -0.15) is 15.5 Å². The maximum Gasteiger partial charge on any atom is 0.124 e. The molecule has 0 spiro atoms. The molecule has 0 saturated heterocycles. The molecule has 0 unspecified atom stereocenters. The molecular formula is C21H17N5O. The van der Waals surface area contributed by atoms with Gasteiger partial charge in [0.25, 0.3) is 0 Å². The van der Waals surface area contributed by atoms with Crippen molar-refractivity contribution in [2.45, 2.75) is 18.9 Å². The molecule has 5 rings (SSSR count). The molecule has 2 aromatic carbocycles. The Balaban J connectivity index is 1.48. The van der Waals surface area contributed by atoms with E-state index in [0.29, 0.717) is 5.56 Å². The Bertz CT molecular complexity index is 1200. The zero-order valence-electron chi connectivity index (χ0n) is 14.8. The van der Waals surface area contributed by atoms with Gasteiger partial charge in [-0.05, 0) is 48.2 Å². The average Bonchev–Trinajstić information content (AvgIpc) is 3.39. The minimum Gasteiger partial charge on any atom is -0.486 e. The minimum atomic E-state index is 0.0138. The molecule has 0 bridgehead atoms. The van der Waals surface area contributed by atoms with Crippen molar-refractivity contribution in [3.8, 4) is 17.5 Å². The fourth-order valence-electron chi connectivity index (χ4n) is 3.73. The van der Waals surface area contributed by atoms with Gasteiger partial charge < -0.3 is 4.74 Å². The third-order valence-corrected chi connectivity index (χ3v) is 5.05. The van der Waals surface area contributed by atoms with E-state index in [1.165, 1.54) is 11.1 Å². The molecule has 4 aromatic rings. The summed E-state index contributed by atoms with van der Waals surface area (Å²) >= 11 is 0. The lowest BCUT2D eigenvalue weighted by Gasteiger charge is -2.15. The molecular weight excluding hydrogens is 338 g/mol. The highest BCUT2D eigenvalue weighted by atomic mass is 16.5. The maximum absolute atomic E-state index is 9.08. The predicted octanol–water partition coefficient (Wildman–Crippen LogP) is 3.70.